The lowest BCUT2D eigenvalue weighted by Crippen LogP contribution is -2.20. The van der Waals surface area contributed by atoms with Crippen LogP contribution < -0.4 is 10.9 Å². The van der Waals surface area contributed by atoms with Gasteiger partial charge >= 0.3 is 0 Å². The van der Waals surface area contributed by atoms with E-state index in [1.165, 1.54) is 23.0 Å². The van der Waals surface area contributed by atoms with E-state index in [0.29, 0.717) is 28.1 Å². The van der Waals surface area contributed by atoms with Crippen molar-refractivity contribution in [1.82, 2.24) is 14.5 Å². The standard InChI is InChI=1S/C24H18F3N5O/c1-13(14-8-6-9-16(20(14)25)21(26)27)31-22-18-11-17(15-7-4-5-10-19(15)28-2)24(33)32(3)23(18)30-12-29-22/h4-13,21H,1,3H3,(H,29,30,31)/t13-/m1/s1. The van der Waals surface area contributed by atoms with Gasteiger partial charge in [-0.05, 0) is 18.6 Å². The average molecular weight is 449 g/mol. The van der Waals surface area contributed by atoms with Gasteiger partial charge < -0.3 is 5.32 Å². The van der Waals surface area contributed by atoms with E-state index in [4.69, 9.17) is 6.57 Å². The van der Waals surface area contributed by atoms with Gasteiger partial charge in [0, 0.05) is 18.2 Å². The van der Waals surface area contributed by atoms with Gasteiger partial charge in [-0.15, -0.1) is 0 Å². The molecular formula is C24H18F3N5O. The lowest BCUT2D eigenvalue weighted by atomic mass is 10.0. The minimum absolute atomic E-state index is 0.0583. The van der Waals surface area contributed by atoms with Crippen molar-refractivity contribution in [2.45, 2.75) is 19.4 Å². The number of rotatable bonds is 5. The quantitative estimate of drug-likeness (QED) is 0.392. The van der Waals surface area contributed by atoms with Crippen LogP contribution in [0.3, 0.4) is 0 Å². The highest BCUT2D eigenvalue weighted by Gasteiger charge is 2.21. The fourth-order valence-corrected chi connectivity index (χ4v) is 3.73. The molecule has 2 aromatic carbocycles. The van der Waals surface area contributed by atoms with Gasteiger partial charge in [-0.25, -0.2) is 28.0 Å². The van der Waals surface area contributed by atoms with Gasteiger partial charge in [0.2, 0.25) is 0 Å². The fraction of sp³-hybridized carbons (Fsp3) is 0.167. The Balaban J connectivity index is 1.85. The van der Waals surface area contributed by atoms with Crippen molar-refractivity contribution < 1.29 is 13.2 Å². The molecule has 0 aliphatic carbocycles. The summed E-state index contributed by atoms with van der Waals surface area (Å²) in [5.74, 6) is -0.684. The van der Waals surface area contributed by atoms with Gasteiger partial charge in [-0.3, -0.25) is 9.36 Å². The molecular weight excluding hydrogens is 431 g/mol. The number of benzene rings is 2. The fourth-order valence-electron chi connectivity index (χ4n) is 3.73. The topological polar surface area (TPSA) is 64.2 Å². The Morgan fingerprint density at radius 2 is 1.79 bits per heavy atom. The molecule has 0 bridgehead atoms. The van der Waals surface area contributed by atoms with Crippen molar-refractivity contribution in [3.63, 3.8) is 0 Å². The first-order chi connectivity index (χ1) is 15.8. The number of fused-ring (bicyclic) bond motifs is 1. The third-order valence-corrected chi connectivity index (χ3v) is 5.43. The smallest absolute Gasteiger partial charge is 0.266 e. The van der Waals surface area contributed by atoms with Crippen molar-refractivity contribution >= 4 is 22.5 Å². The second-order valence-corrected chi connectivity index (χ2v) is 7.43. The summed E-state index contributed by atoms with van der Waals surface area (Å²) >= 11 is 0. The zero-order chi connectivity index (χ0) is 23.7. The third-order valence-electron chi connectivity index (χ3n) is 5.43. The van der Waals surface area contributed by atoms with Crippen molar-refractivity contribution in [3.05, 3.63) is 93.6 Å². The zero-order valence-electron chi connectivity index (χ0n) is 17.7. The molecule has 4 aromatic rings. The Bertz CT molecular complexity index is 1460. The molecule has 0 fully saturated rings. The summed E-state index contributed by atoms with van der Waals surface area (Å²) in [4.78, 5) is 24.9. The Hall–Kier alpha value is -4.19. The molecule has 2 heterocycles. The SMILES string of the molecule is [C-]#[N+]c1ccccc1-c1cc2c(N[C@H](C)c3cccc(C(F)F)c3F)ncnc2n(C)c1=O. The van der Waals surface area contributed by atoms with E-state index >= 15 is 0 Å². The zero-order valence-corrected chi connectivity index (χ0v) is 17.7. The highest BCUT2D eigenvalue weighted by atomic mass is 19.3. The van der Waals surface area contributed by atoms with Gasteiger partial charge in [0.15, 0.2) is 5.69 Å². The van der Waals surface area contributed by atoms with Crippen LogP contribution in [0.2, 0.25) is 0 Å². The Kier molecular flexibility index (Phi) is 5.84. The number of anilines is 1. The molecule has 0 saturated carbocycles. The molecule has 0 unspecified atom stereocenters. The first-order valence-electron chi connectivity index (χ1n) is 9.98. The summed E-state index contributed by atoms with van der Waals surface area (Å²) in [5.41, 5.74) is 0.445. The third kappa shape index (κ3) is 3.91. The van der Waals surface area contributed by atoms with E-state index in [-0.39, 0.29) is 16.7 Å². The molecule has 166 valence electrons. The maximum atomic E-state index is 14.6. The summed E-state index contributed by atoms with van der Waals surface area (Å²) in [6, 6.07) is 11.5. The number of halogens is 3. The van der Waals surface area contributed by atoms with Gasteiger partial charge in [0.25, 0.3) is 12.0 Å². The number of nitrogens with zero attached hydrogens (tertiary/aromatic N) is 4. The van der Waals surface area contributed by atoms with Crippen LogP contribution in [-0.2, 0) is 7.05 Å². The van der Waals surface area contributed by atoms with Crippen LogP contribution in [0.15, 0.2) is 59.7 Å². The van der Waals surface area contributed by atoms with E-state index in [0.717, 1.165) is 6.07 Å². The minimum Gasteiger partial charge on any atom is -0.363 e. The largest absolute Gasteiger partial charge is 0.363 e. The molecule has 0 aliphatic heterocycles. The Morgan fingerprint density at radius 3 is 2.52 bits per heavy atom. The van der Waals surface area contributed by atoms with Gasteiger partial charge in [-0.1, -0.05) is 42.5 Å². The number of para-hydroxylation sites is 1. The number of pyridine rings is 1. The van der Waals surface area contributed by atoms with Gasteiger partial charge in [0.05, 0.1) is 23.6 Å². The van der Waals surface area contributed by atoms with E-state index in [2.05, 4.69) is 20.1 Å². The van der Waals surface area contributed by atoms with Crippen LogP contribution in [0.5, 0.6) is 0 Å². The first-order valence-corrected chi connectivity index (χ1v) is 9.98. The second kappa shape index (κ2) is 8.74. The summed E-state index contributed by atoms with van der Waals surface area (Å²) in [5, 5.41) is 3.51. The molecule has 0 radical (unpaired) electrons. The number of aryl methyl sites for hydroxylation is 1. The predicted octanol–water partition coefficient (Wildman–Crippen LogP) is 5.80. The van der Waals surface area contributed by atoms with Crippen molar-refractivity contribution in [2.75, 3.05) is 5.32 Å². The lowest BCUT2D eigenvalue weighted by Gasteiger charge is -2.19. The lowest BCUT2D eigenvalue weighted by molar-refractivity contribution is 0.146. The van der Waals surface area contributed by atoms with Crippen LogP contribution in [0.25, 0.3) is 27.0 Å². The molecule has 0 aliphatic rings. The van der Waals surface area contributed by atoms with Gasteiger partial charge in [0.1, 0.15) is 23.6 Å². The second-order valence-electron chi connectivity index (χ2n) is 7.43. The monoisotopic (exact) mass is 449 g/mol. The predicted molar refractivity (Wildman–Crippen MR) is 120 cm³/mol. The number of aromatic nitrogens is 3. The first kappa shape index (κ1) is 22.0. The maximum absolute atomic E-state index is 14.6. The van der Waals surface area contributed by atoms with E-state index in [1.54, 1.807) is 44.3 Å². The van der Waals surface area contributed by atoms with E-state index in [9.17, 15) is 18.0 Å². The maximum Gasteiger partial charge on any atom is 0.266 e. The summed E-state index contributed by atoms with van der Waals surface area (Å²) in [6.45, 7) is 9.03. The molecule has 1 N–H and O–H groups in total. The minimum atomic E-state index is -2.93. The molecule has 0 spiro atoms. The van der Waals surface area contributed by atoms with Crippen LogP contribution >= 0.6 is 0 Å². The molecule has 1 atom stereocenters. The van der Waals surface area contributed by atoms with Crippen LogP contribution in [0.4, 0.5) is 24.7 Å². The summed E-state index contributed by atoms with van der Waals surface area (Å²) in [7, 11) is 1.56. The molecule has 4 rings (SSSR count). The summed E-state index contributed by atoms with van der Waals surface area (Å²) in [6.07, 6.45) is -1.67. The molecule has 0 saturated heterocycles. The number of nitrogens with one attached hydrogen (secondary N) is 1. The molecule has 0 amide bonds. The Labute approximate surface area is 187 Å². The highest BCUT2D eigenvalue weighted by molar-refractivity contribution is 5.92. The number of hydrogen-bond donors (Lipinski definition) is 1. The number of hydrogen-bond acceptors (Lipinski definition) is 4. The molecule has 2 aromatic heterocycles. The van der Waals surface area contributed by atoms with Crippen molar-refractivity contribution in [3.8, 4) is 11.1 Å². The molecule has 6 nitrogen and oxygen atoms in total. The van der Waals surface area contributed by atoms with E-state index in [1.807, 2.05) is 0 Å². The highest BCUT2D eigenvalue weighted by Crippen LogP contribution is 2.33. The van der Waals surface area contributed by atoms with Crippen LogP contribution in [-0.4, -0.2) is 14.5 Å². The van der Waals surface area contributed by atoms with Crippen LogP contribution in [0, 0.1) is 12.4 Å². The van der Waals surface area contributed by atoms with Gasteiger partial charge in [-0.2, -0.15) is 0 Å². The number of alkyl halides is 2. The van der Waals surface area contributed by atoms with E-state index < -0.39 is 23.8 Å². The molecule has 9 heteroatoms. The van der Waals surface area contributed by atoms with Crippen LogP contribution in [0.1, 0.15) is 30.5 Å². The van der Waals surface area contributed by atoms with Crippen molar-refractivity contribution in [1.29, 1.82) is 0 Å². The molecule has 33 heavy (non-hydrogen) atoms. The Morgan fingerprint density at radius 1 is 1.06 bits per heavy atom. The summed E-state index contributed by atoms with van der Waals surface area (Å²) < 4.78 is 42.2. The normalized spacial score (nSPS) is 12.0. The average Bonchev–Trinajstić information content (AvgIpc) is 2.81. The van der Waals surface area contributed by atoms with Crippen molar-refractivity contribution in [2.24, 2.45) is 7.05 Å².